The number of nitrogens with two attached hydrogens (primary N) is 1. The van der Waals surface area contributed by atoms with Crippen LogP contribution in [0.1, 0.15) is 0 Å². The molecule has 22 heteroatoms. The third-order valence-electron chi connectivity index (χ3n) is 3.74. The number of nitrogen functional groups attached to an aromatic ring is 1. The number of hydrogen-bond acceptors (Lipinski definition) is 13. The molecule has 19 nitrogen and oxygen atoms in total. The van der Waals surface area contributed by atoms with Gasteiger partial charge in [0.2, 0.25) is 0 Å². The number of ether oxygens (including phenoxy) is 1. The highest BCUT2D eigenvalue weighted by molar-refractivity contribution is 7.66. The summed E-state index contributed by atoms with van der Waals surface area (Å²) in [6, 6.07) is 0.966. The van der Waals surface area contributed by atoms with Crippen LogP contribution in [0.2, 0.25) is 0 Å². The molecule has 2 rings (SSSR count). The van der Waals surface area contributed by atoms with Crippen LogP contribution >= 0.6 is 23.5 Å². The first-order valence-corrected chi connectivity index (χ1v) is 12.3. The van der Waals surface area contributed by atoms with Crippen LogP contribution in [0.5, 0.6) is 0 Å². The van der Waals surface area contributed by atoms with E-state index in [0.29, 0.717) is 0 Å². The smallest absolute Gasteiger partial charge is 0.478 e. The Kier molecular flexibility index (Phi) is 7.51. The fourth-order valence-corrected chi connectivity index (χ4v) is 5.59. The first-order chi connectivity index (χ1) is 14.4. The fraction of sp³-hybridized carbons (Fsp3) is 0.500. The Morgan fingerprint density at radius 1 is 1.19 bits per heavy atom. The average molecular weight is 527 g/mol. The molecule has 0 saturated carbocycles. The number of hydrogen-bond donors (Lipinski definition) is 8. The lowest BCUT2D eigenvalue weighted by Crippen LogP contribution is -2.55. The normalized spacial score (nSPS) is 29.9. The zero-order valence-electron chi connectivity index (χ0n) is 15.2. The number of carboxylic acid groups (broad SMARTS) is 1. The van der Waals surface area contributed by atoms with Gasteiger partial charge in [0.15, 0.2) is 0 Å². The van der Waals surface area contributed by atoms with Gasteiger partial charge in [-0.2, -0.15) is 13.6 Å². The predicted octanol–water partition coefficient (Wildman–Crippen LogP) is -2.97. The Morgan fingerprint density at radius 3 is 2.28 bits per heavy atom. The Balaban J connectivity index is 2.25. The number of phosphoric acid groups is 3. The SMILES string of the molecule is Nc1ccn([C@]2(C(=O)O)O[C@H](COP(=O)(O)OP(=O)(O)OP(=O)(O)O)[C@@H](O)[C@H]2O)c(=O)n1. The molecule has 0 amide bonds. The molecule has 1 aromatic rings. The zero-order chi connectivity index (χ0) is 24.7. The lowest BCUT2D eigenvalue weighted by atomic mass is 10.0. The van der Waals surface area contributed by atoms with Crippen LogP contribution in [0.15, 0.2) is 17.1 Å². The number of carbonyl (C=O) groups is 1. The molecule has 0 radical (unpaired) electrons. The van der Waals surface area contributed by atoms with Gasteiger partial charge in [0.25, 0.3) is 5.72 Å². The van der Waals surface area contributed by atoms with E-state index in [0.717, 1.165) is 12.3 Å². The number of nitrogens with zero attached hydrogens (tertiary/aromatic N) is 2. The lowest BCUT2D eigenvalue weighted by Gasteiger charge is -2.29. The van der Waals surface area contributed by atoms with Crippen LogP contribution in [0.4, 0.5) is 5.82 Å². The van der Waals surface area contributed by atoms with Gasteiger partial charge in [-0.25, -0.2) is 23.3 Å². The number of aromatic nitrogens is 2. The molecular formula is C10H16N3O16P3. The molecule has 1 fully saturated rings. The lowest BCUT2D eigenvalue weighted by molar-refractivity contribution is -0.195. The first-order valence-electron chi connectivity index (χ1n) is 7.81. The van der Waals surface area contributed by atoms with Crippen molar-refractivity contribution >= 4 is 35.3 Å². The Hall–Kier alpha value is -1.56. The number of aliphatic hydroxyl groups excluding tert-OH is 2. The number of anilines is 1. The maximum atomic E-state index is 12.0. The van der Waals surface area contributed by atoms with E-state index in [4.69, 9.17) is 25.2 Å². The summed E-state index contributed by atoms with van der Waals surface area (Å²) in [5.74, 6) is -2.32. The summed E-state index contributed by atoms with van der Waals surface area (Å²) in [5.41, 5.74) is 0.988. The summed E-state index contributed by atoms with van der Waals surface area (Å²) in [6.07, 6.45) is -5.74. The molecule has 0 bridgehead atoms. The van der Waals surface area contributed by atoms with Crippen LogP contribution in [0, 0.1) is 0 Å². The van der Waals surface area contributed by atoms with E-state index in [1.807, 2.05) is 0 Å². The molecule has 0 aliphatic carbocycles. The fourth-order valence-electron chi connectivity index (χ4n) is 2.56. The number of aliphatic hydroxyl groups is 2. The molecule has 1 aliphatic rings. The molecule has 1 aromatic heterocycles. The van der Waals surface area contributed by atoms with E-state index in [2.05, 4.69) is 18.1 Å². The molecule has 6 atom stereocenters. The van der Waals surface area contributed by atoms with E-state index in [1.54, 1.807) is 0 Å². The molecule has 0 aromatic carbocycles. The van der Waals surface area contributed by atoms with Crippen LogP contribution in [-0.4, -0.2) is 75.3 Å². The van der Waals surface area contributed by atoms with Crippen LogP contribution in [-0.2, 0) is 42.1 Å². The predicted molar refractivity (Wildman–Crippen MR) is 95.2 cm³/mol. The van der Waals surface area contributed by atoms with E-state index in [1.165, 1.54) is 0 Å². The molecule has 2 unspecified atom stereocenters. The Labute approximate surface area is 176 Å². The second-order valence-electron chi connectivity index (χ2n) is 5.99. The van der Waals surface area contributed by atoms with E-state index < -0.39 is 65.8 Å². The van der Waals surface area contributed by atoms with Gasteiger partial charge >= 0.3 is 35.1 Å². The monoisotopic (exact) mass is 527 g/mol. The van der Waals surface area contributed by atoms with Gasteiger partial charge in [0.1, 0.15) is 24.1 Å². The second-order valence-corrected chi connectivity index (χ2v) is 10.4. The van der Waals surface area contributed by atoms with Gasteiger partial charge in [-0.3, -0.25) is 9.09 Å². The van der Waals surface area contributed by atoms with Crippen molar-refractivity contribution in [2.24, 2.45) is 0 Å². The third-order valence-corrected chi connectivity index (χ3v) is 7.55. The average Bonchev–Trinajstić information content (AvgIpc) is 2.83. The Morgan fingerprint density at radius 2 is 1.78 bits per heavy atom. The summed E-state index contributed by atoms with van der Waals surface area (Å²) >= 11 is 0. The number of phosphoric ester groups is 1. The molecule has 9 N–H and O–H groups in total. The van der Waals surface area contributed by atoms with Crippen LogP contribution < -0.4 is 11.4 Å². The maximum Gasteiger partial charge on any atom is 0.490 e. The summed E-state index contributed by atoms with van der Waals surface area (Å²) in [5, 5.41) is 29.9. The summed E-state index contributed by atoms with van der Waals surface area (Å²) in [4.78, 5) is 62.6. The minimum Gasteiger partial charge on any atom is -0.478 e. The van der Waals surface area contributed by atoms with Gasteiger partial charge in [-0.15, -0.1) is 0 Å². The minimum absolute atomic E-state index is 0.268. The zero-order valence-corrected chi connectivity index (χ0v) is 17.9. The van der Waals surface area contributed by atoms with Gasteiger partial charge in [-0.1, -0.05) is 0 Å². The molecular weight excluding hydrogens is 511 g/mol. The number of carboxylic acids is 1. The van der Waals surface area contributed by atoms with Crippen LogP contribution in [0.3, 0.4) is 0 Å². The molecule has 2 heterocycles. The van der Waals surface area contributed by atoms with Gasteiger partial charge in [0, 0.05) is 6.20 Å². The minimum atomic E-state index is -5.84. The van der Waals surface area contributed by atoms with Gasteiger partial charge in [0.05, 0.1) is 6.61 Å². The number of rotatable bonds is 9. The molecule has 32 heavy (non-hydrogen) atoms. The molecule has 1 saturated heterocycles. The van der Waals surface area contributed by atoms with Crippen molar-refractivity contribution < 1.29 is 71.3 Å². The largest absolute Gasteiger partial charge is 0.490 e. The maximum absolute atomic E-state index is 12.0. The quantitative estimate of drug-likeness (QED) is 0.149. The van der Waals surface area contributed by atoms with Gasteiger partial charge < -0.3 is 45.4 Å². The van der Waals surface area contributed by atoms with Crippen molar-refractivity contribution in [1.29, 1.82) is 0 Å². The highest BCUT2D eigenvalue weighted by atomic mass is 31.3. The van der Waals surface area contributed by atoms with Crippen LogP contribution in [0.25, 0.3) is 0 Å². The topological polar surface area (TPSA) is 308 Å². The van der Waals surface area contributed by atoms with Crippen molar-refractivity contribution in [3.8, 4) is 0 Å². The van der Waals surface area contributed by atoms with Gasteiger partial charge in [-0.05, 0) is 6.07 Å². The second kappa shape index (κ2) is 9.00. The summed E-state index contributed by atoms with van der Waals surface area (Å²) in [6.45, 7) is -1.30. The van der Waals surface area contributed by atoms with E-state index in [9.17, 15) is 43.5 Å². The molecule has 1 aliphatic heterocycles. The van der Waals surface area contributed by atoms with Crippen molar-refractivity contribution in [1.82, 2.24) is 9.55 Å². The highest BCUT2D eigenvalue weighted by Gasteiger charge is 2.62. The Bertz CT molecular complexity index is 1090. The third kappa shape index (κ3) is 5.86. The van der Waals surface area contributed by atoms with E-state index >= 15 is 0 Å². The van der Waals surface area contributed by atoms with Crippen molar-refractivity contribution in [2.45, 2.75) is 24.0 Å². The number of aliphatic carboxylic acids is 1. The first kappa shape index (κ1) is 26.7. The summed E-state index contributed by atoms with van der Waals surface area (Å²) < 4.78 is 50.2. The summed E-state index contributed by atoms with van der Waals surface area (Å²) in [7, 11) is -17.1. The highest BCUT2D eigenvalue weighted by Crippen LogP contribution is 2.66. The van der Waals surface area contributed by atoms with Crippen molar-refractivity contribution in [3.05, 3.63) is 22.7 Å². The van der Waals surface area contributed by atoms with Crippen molar-refractivity contribution in [3.63, 3.8) is 0 Å². The van der Waals surface area contributed by atoms with Crippen molar-refractivity contribution in [2.75, 3.05) is 12.3 Å². The van der Waals surface area contributed by atoms with E-state index in [-0.39, 0.29) is 10.4 Å². The standard InChI is InChI=1S/C10H16N3O16P3/c11-5-1-2-13(9(18)12-5)10(8(16)17)7(15)6(14)4(27-10)3-26-31(22,23)29-32(24,25)28-30(19,20)21/h1-2,4,6-7,14-15H,3H2,(H,16,17)(H,22,23)(H,24,25)(H2,11,12,18)(H2,19,20,21)/t4-,6-,7-,10+/m1/s1. The molecule has 182 valence electrons. The molecule has 0 spiro atoms.